The molecule has 6 nitrogen and oxygen atoms in total. The third-order valence-electron chi connectivity index (χ3n) is 5.34. The summed E-state index contributed by atoms with van der Waals surface area (Å²) >= 11 is 1.51. The number of aryl methyl sites for hydroxylation is 2. The van der Waals surface area contributed by atoms with Crippen molar-refractivity contribution in [3.05, 3.63) is 51.9 Å². The smallest absolute Gasteiger partial charge is 0.244 e. The molecule has 0 atom stereocenters. The van der Waals surface area contributed by atoms with Gasteiger partial charge in [-0.05, 0) is 43.2 Å². The van der Waals surface area contributed by atoms with Crippen LogP contribution in [0.15, 0.2) is 24.3 Å². The largest absolute Gasteiger partial charge is 0.375 e. The van der Waals surface area contributed by atoms with Gasteiger partial charge >= 0.3 is 0 Å². The van der Waals surface area contributed by atoms with Crippen molar-refractivity contribution >= 4 is 22.4 Å². The number of carbonyl (C=O) groups is 1. The van der Waals surface area contributed by atoms with Gasteiger partial charge in [-0.15, -0.1) is 11.3 Å². The van der Waals surface area contributed by atoms with Crippen molar-refractivity contribution in [3.8, 4) is 11.3 Å². The minimum atomic E-state index is -0.231. The number of rotatable bonds is 4. The molecule has 1 aromatic carbocycles. The molecule has 0 bridgehead atoms. The van der Waals surface area contributed by atoms with E-state index in [2.05, 4.69) is 10.1 Å². The van der Waals surface area contributed by atoms with E-state index in [4.69, 9.17) is 5.73 Å². The molecule has 0 saturated carbocycles. The van der Waals surface area contributed by atoms with Crippen molar-refractivity contribution in [2.45, 2.75) is 39.7 Å². The highest BCUT2D eigenvalue weighted by atomic mass is 32.1. The van der Waals surface area contributed by atoms with Crippen LogP contribution >= 0.6 is 11.3 Å². The van der Waals surface area contributed by atoms with E-state index in [1.807, 2.05) is 17.9 Å². The molecule has 0 unspecified atom stereocenters. The van der Waals surface area contributed by atoms with Crippen molar-refractivity contribution in [2.24, 2.45) is 0 Å². The summed E-state index contributed by atoms with van der Waals surface area (Å²) in [5.41, 5.74) is 10.00. The molecule has 2 aromatic heterocycles. The minimum Gasteiger partial charge on any atom is -0.375 e. The minimum absolute atomic E-state index is 0.0489. The van der Waals surface area contributed by atoms with Gasteiger partial charge < -0.3 is 10.6 Å². The SMILES string of the molecule is CCc1cc(-c2ccc(F)c(C)c2)nn1CC(=O)N1CCc2nc(N)sc2CC1. The Morgan fingerprint density at radius 3 is 2.83 bits per heavy atom. The lowest BCUT2D eigenvalue weighted by Crippen LogP contribution is -2.36. The van der Waals surface area contributed by atoms with Crippen LogP contribution in [0.2, 0.25) is 0 Å². The summed E-state index contributed by atoms with van der Waals surface area (Å²) in [5.74, 6) is -0.183. The van der Waals surface area contributed by atoms with Gasteiger partial charge in [0.2, 0.25) is 5.91 Å². The molecular weight excluding hydrogens is 389 g/mol. The van der Waals surface area contributed by atoms with E-state index in [1.165, 1.54) is 22.3 Å². The van der Waals surface area contributed by atoms with Crippen molar-refractivity contribution in [2.75, 3.05) is 18.8 Å². The van der Waals surface area contributed by atoms with E-state index in [1.54, 1.807) is 23.7 Å². The Morgan fingerprint density at radius 1 is 1.28 bits per heavy atom. The lowest BCUT2D eigenvalue weighted by Gasteiger charge is -2.20. The summed E-state index contributed by atoms with van der Waals surface area (Å²) in [5, 5.41) is 5.24. The number of nitrogens with two attached hydrogens (primary N) is 1. The number of benzene rings is 1. The number of fused-ring (bicyclic) bond motifs is 1. The van der Waals surface area contributed by atoms with Crippen LogP contribution in [-0.2, 0) is 30.6 Å². The molecule has 0 aliphatic carbocycles. The molecule has 8 heteroatoms. The number of hydrogen-bond acceptors (Lipinski definition) is 5. The fourth-order valence-electron chi connectivity index (χ4n) is 3.68. The highest BCUT2D eigenvalue weighted by Gasteiger charge is 2.22. The Kier molecular flexibility index (Phi) is 5.36. The third kappa shape index (κ3) is 4.03. The first-order valence-corrected chi connectivity index (χ1v) is 10.6. The van der Waals surface area contributed by atoms with Crippen LogP contribution in [0.3, 0.4) is 0 Å². The molecule has 0 spiro atoms. The van der Waals surface area contributed by atoms with E-state index < -0.39 is 0 Å². The highest BCUT2D eigenvalue weighted by molar-refractivity contribution is 7.15. The zero-order chi connectivity index (χ0) is 20.5. The standard InChI is InChI=1S/C21H24FN5OS/c1-3-15-11-18(14-4-5-16(22)13(2)10-14)25-27(15)12-20(28)26-8-6-17-19(7-9-26)29-21(23)24-17/h4-5,10-11H,3,6-9,12H2,1-2H3,(H2,23,24). The number of hydrogen-bond donors (Lipinski definition) is 1. The Bertz CT molecular complexity index is 1030. The number of carbonyl (C=O) groups excluding carboxylic acids is 1. The van der Waals surface area contributed by atoms with Gasteiger partial charge in [0.15, 0.2) is 5.13 Å². The topological polar surface area (TPSA) is 77.0 Å². The molecule has 3 aromatic rings. The number of anilines is 1. The van der Waals surface area contributed by atoms with E-state index in [-0.39, 0.29) is 18.3 Å². The first-order valence-electron chi connectivity index (χ1n) is 9.79. The molecule has 152 valence electrons. The monoisotopic (exact) mass is 413 g/mol. The van der Waals surface area contributed by atoms with Crippen LogP contribution in [0.5, 0.6) is 0 Å². The first-order chi connectivity index (χ1) is 13.9. The molecule has 0 fully saturated rings. The highest BCUT2D eigenvalue weighted by Crippen LogP contribution is 2.25. The average Bonchev–Trinajstić information content (AvgIpc) is 3.20. The lowest BCUT2D eigenvalue weighted by molar-refractivity contribution is -0.132. The van der Waals surface area contributed by atoms with Crippen LogP contribution in [0.25, 0.3) is 11.3 Å². The molecule has 0 saturated heterocycles. The molecule has 1 aliphatic heterocycles. The van der Waals surface area contributed by atoms with Crippen LogP contribution in [0, 0.1) is 12.7 Å². The molecule has 3 heterocycles. The van der Waals surface area contributed by atoms with Gasteiger partial charge in [-0.1, -0.05) is 6.92 Å². The zero-order valence-corrected chi connectivity index (χ0v) is 17.4. The molecule has 2 N–H and O–H groups in total. The zero-order valence-electron chi connectivity index (χ0n) is 16.6. The van der Waals surface area contributed by atoms with Crippen molar-refractivity contribution in [3.63, 3.8) is 0 Å². The summed E-state index contributed by atoms with van der Waals surface area (Å²) < 4.78 is 15.4. The molecular formula is C21H24FN5OS. The van der Waals surface area contributed by atoms with Gasteiger partial charge in [-0.3, -0.25) is 9.48 Å². The van der Waals surface area contributed by atoms with Crippen molar-refractivity contribution in [1.82, 2.24) is 19.7 Å². The van der Waals surface area contributed by atoms with Gasteiger partial charge in [0, 0.05) is 42.1 Å². The van der Waals surface area contributed by atoms with E-state index >= 15 is 0 Å². The van der Waals surface area contributed by atoms with Gasteiger partial charge in [-0.2, -0.15) is 5.10 Å². The summed E-state index contributed by atoms with van der Waals surface area (Å²) in [6, 6.07) is 6.95. The number of thiazole rings is 1. The number of amides is 1. The van der Waals surface area contributed by atoms with E-state index in [0.717, 1.165) is 41.9 Å². The maximum absolute atomic E-state index is 13.6. The van der Waals surface area contributed by atoms with Crippen molar-refractivity contribution < 1.29 is 9.18 Å². The van der Waals surface area contributed by atoms with E-state index in [9.17, 15) is 9.18 Å². The molecule has 1 amide bonds. The second-order valence-electron chi connectivity index (χ2n) is 7.30. The number of halogens is 1. The Balaban J connectivity index is 1.50. The molecule has 29 heavy (non-hydrogen) atoms. The van der Waals surface area contributed by atoms with Gasteiger partial charge in [0.1, 0.15) is 12.4 Å². The summed E-state index contributed by atoms with van der Waals surface area (Å²) in [7, 11) is 0. The Labute approximate surface area is 173 Å². The number of nitrogens with zero attached hydrogens (tertiary/aromatic N) is 4. The average molecular weight is 414 g/mol. The summed E-state index contributed by atoms with van der Waals surface area (Å²) in [4.78, 5) is 20.4. The molecule has 1 aliphatic rings. The van der Waals surface area contributed by atoms with Crippen molar-refractivity contribution in [1.29, 1.82) is 0 Å². The van der Waals surface area contributed by atoms with Gasteiger partial charge in [0.05, 0.1) is 11.4 Å². The van der Waals surface area contributed by atoms with E-state index in [0.29, 0.717) is 23.8 Å². The quantitative estimate of drug-likeness (QED) is 0.712. The fourth-order valence-corrected chi connectivity index (χ4v) is 4.55. The number of nitrogen functional groups attached to an aromatic ring is 1. The number of aromatic nitrogens is 3. The Hall–Kier alpha value is -2.74. The Morgan fingerprint density at radius 2 is 2.07 bits per heavy atom. The van der Waals surface area contributed by atoms with Crippen LogP contribution in [-0.4, -0.2) is 38.7 Å². The van der Waals surface area contributed by atoms with Gasteiger partial charge in [-0.25, -0.2) is 9.37 Å². The normalized spacial score (nSPS) is 14.0. The molecule has 4 rings (SSSR count). The van der Waals surface area contributed by atoms with Crippen LogP contribution < -0.4 is 5.73 Å². The third-order valence-corrected chi connectivity index (χ3v) is 6.33. The predicted molar refractivity (Wildman–Crippen MR) is 112 cm³/mol. The van der Waals surface area contributed by atoms with Crippen LogP contribution in [0.4, 0.5) is 9.52 Å². The maximum atomic E-state index is 13.6. The lowest BCUT2D eigenvalue weighted by atomic mass is 10.1. The summed E-state index contributed by atoms with van der Waals surface area (Å²) in [6.07, 6.45) is 2.28. The fraction of sp³-hybridized carbons (Fsp3) is 0.381. The van der Waals surface area contributed by atoms with Crippen LogP contribution in [0.1, 0.15) is 28.8 Å². The second-order valence-corrected chi connectivity index (χ2v) is 8.41. The second kappa shape index (κ2) is 7.94. The summed E-state index contributed by atoms with van der Waals surface area (Å²) in [6.45, 7) is 5.28. The van der Waals surface area contributed by atoms with Gasteiger partial charge in [0.25, 0.3) is 0 Å². The first kappa shape index (κ1) is 19.6. The molecule has 0 radical (unpaired) electrons. The predicted octanol–water partition coefficient (Wildman–Crippen LogP) is 3.23. The maximum Gasteiger partial charge on any atom is 0.244 e.